The summed E-state index contributed by atoms with van der Waals surface area (Å²) in [5, 5.41) is 6.01. The van der Waals surface area contributed by atoms with Crippen LogP contribution < -0.4 is 10.6 Å². The van der Waals surface area contributed by atoms with Crippen LogP contribution in [0.25, 0.3) is 0 Å². The summed E-state index contributed by atoms with van der Waals surface area (Å²) >= 11 is 0. The first-order valence-electron chi connectivity index (χ1n) is 6.37. The van der Waals surface area contributed by atoms with Gasteiger partial charge in [-0.15, -0.1) is 0 Å². The minimum absolute atomic E-state index is 0.0646. The lowest BCUT2D eigenvalue weighted by Crippen LogP contribution is -2.31. The lowest BCUT2D eigenvalue weighted by Gasteiger charge is -2.07. The van der Waals surface area contributed by atoms with Gasteiger partial charge < -0.3 is 15.4 Å². The largest absolute Gasteiger partial charge is 0.469 e. The zero-order valence-corrected chi connectivity index (χ0v) is 10.9. The number of para-hydroxylation sites is 1. The van der Waals surface area contributed by atoms with Gasteiger partial charge in [0.25, 0.3) is 0 Å². The van der Waals surface area contributed by atoms with Gasteiger partial charge in [0.15, 0.2) is 0 Å². The molecule has 2 rings (SSSR count). The second kappa shape index (κ2) is 6.22. The highest BCUT2D eigenvalue weighted by atomic mass is 16.5. The predicted octanol–water partition coefficient (Wildman–Crippen LogP) is 1.02. The number of ether oxygens (including phenoxy) is 1. The zero-order valence-electron chi connectivity index (χ0n) is 10.9. The highest BCUT2D eigenvalue weighted by Gasteiger charge is 2.48. The lowest BCUT2D eigenvalue weighted by molar-refractivity contribution is -0.143. The molecule has 2 atom stereocenters. The van der Waals surface area contributed by atoms with Gasteiger partial charge in [-0.25, -0.2) is 0 Å². The highest BCUT2D eigenvalue weighted by Crippen LogP contribution is 2.39. The summed E-state index contributed by atoms with van der Waals surface area (Å²) in [4.78, 5) is 22.9. The van der Waals surface area contributed by atoms with Crippen LogP contribution in [0.15, 0.2) is 30.3 Å². The molecule has 1 saturated carbocycles. The second-order valence-electron chi connectivity index (χ2n) is 4.56. The Morgan fingerprint density at radius 2 is 1.95 bits per heavy atom. The maximum Gasteiger partial charge on any atom is 0.309 e. The molecule has 0 aromatic heterocycles. The minimum Gasteiger partial charge on any atom is -0.469 e. The Hall–Kier alpha value is -2.04. The van der Waals surface area contributed by atoms with Crippen molar-refractivity contribution in [2.75, 3.05) is 25.5 Å². The molecule has 19 heavy (non-hydrogen) atoms. The molecule has 1 amide bonds. The summed E-state index contributed by atoms with van der Waals surface area (Å²) in [5.74, 6) is -0.802. The number of carbonyl (C=O) groups excluding carboxylic acids is 2. The van der Waals surface area contributed by atoms with Gasteiger partial charge in [0.2, 0.25) is 5.91 Å². The maximum absolute atomic E-state index is 11.7. The Bertz CT molecular complexity index is 447. The van der Waals surface area contributed by atoms with Crippen LogP contribution in [0, 0.1) is 11.8 Å². The van der Waals surface area contributed by atoms with Crippen LogP contribution >= 0.6 is 0 Å². The number of rotatable bonds is 6. The van der Waals surface area contributed by atoms with E-state index in [1.165, 1.54) is 7.11 Å². The summed E-state index contributed by atoms with van der Waals surface area (Å²) in [6.45, 7) is 1.20. The second-order valence-corrected chi connectivity index (χ2v) is 4.56. The molecule has 0 unspecified atom stereocenters. The molecular weight excluding hydrogens is 244 g/mol. The van der Waals surface area contributed by atoms with E-state index in [1.54, 1.807) is 0 Å². The van der Waals surface area contributed by atoms with Crippen molar-refractivity contribution in [3.63, 3.8) is 0 Å². The number of anilines is 1. The number of nitrogens with one attached hydrogen (secondary N) is 2. The number of hydrogen-bond acceptors (Lipinski definition) is 4. The Morgan fingerprint density at radius 1 is 1.21 bits per heavy atom. The van der Waals surface area contributed by atoms with E-state index >= 15 is 0 Å². The molecule has 0 saturated heterocycles. The molecule has 0 aliphatic heterocycles. The van der Waals surface area contributed by atoms with Gasteiger partial charge in [-0.05, 0) is 18.6 Å². The average molecular weight is 262 g/mol. The number of hydrogen-bond donors (Lipinski definition) is 2. The Morgan fingerprint density at radius 3 is 2.63 bits per heavy atom. The molecule has 5 nitrogen and oxygen atoms in total. The molecule has 0 heterocycles. The SMILES string of the molecule is COC(=O)[C@@H]1C[C@H]1C(=O)NCCNc1ccccc1. The van der Waals surface area contributed by atoms with E-state index in [9.17, 15) is 9.59 Å². The van der Waals surface area contributed by atoms with E-state index in [1.807, 2.05) is 30.3 Å². The van der Waals surface area contributed by atoms with Gasteiger partial charge in [-0.1, -0.05) is 18.2 Å². The van der Waals surface area contributed by atoms with Crippen LogP contribution in [0.1, 0.15) is 6.42 Å². The van der Waals surface area contributed by atoms with Crippen LogP contribution in [0.4, 0.5) is 5.69 Å². The molecule has 1 aliphatic rings. The third-order valence-corrected chi connectivity index (χ3v) is 3.16. The van der Waals surface area contributed by atoms with E-state index in [4.69, 9.17) is 0 Å². The molecule has 1 aliphatic carbocycles. The summed E-state index contributed by atoms with van der Waals surface area (Å²) in [5.41, 5.74) is 1.02. The van der Waals surface area contributed by atoms with Crippen molar-refractivity contribution in [3.05, 3.63) is 30.3 Å². The monoisotopic (exact) mass is 262 g/mol. The summed E-state index contributed by atoms with van der Waals surface area (Å²) in [6, 6.07) is 9.79. The van der Waals surface area contributed by atoms with Crippen molar-refractivity contribution >= 4 is 17.6 Å². The fraction of sp³-hybridized carbons (Fsp3) is 0.429. The number of benzene rings is 1. The quantitative estimate of drug-likeness (QED) is 0.593. The number of esters is 1. The van der Waals surface area contributed by atoms with E-state index in [-0.39, 0.29) is 23.7 Å². The smallest absolute Gasteiger partial charge is 0.309 e. The van der Waals surface area contributed by atoms with Crippen molar-refractivity contribution < 1.29 is 14.3 Å². The van der Waals surface area contributed by atoms with Crippen molar-refractivity contribution in [1.29, 1.82) is 0 Å². The Balaban J connectivity index is 1.62. The Labute approximate surface area is 112 Å². The molecule has 1 aromatic rings. The van der Waals surface area contributed by atoms with Crippen molar-refractivity contribution in [2.45, 2.75) is 6.42 Å². The van der Waals surface area contributed by atoms with E-state index in [2.05, 4.69) is 15.4 Å². The van der Waals surface area contributed by atoms with E-state index in [0.717, 1.165) is 5.69 Å². The van der Waals surface area contributed by atoms with Gasteiger partial charge in [0.05, 0.1) is 18.9 Å². The van der Waals surface area contributed by atoms with Crippen molar-refractivity contribution in [1.82, 2.24) is 5.32 Å². The molecule has 1 aromatic carbocycles. The molecule has 0 spiro atoms. The Kier molecular flexibility index (Phi) is 4.39. The third-order valence-electron chi connectivity index (χ3n) is 3.16. The van der Waals surface area contributed by atoms with Gasteiger partial charge in [-0.3, -0.25) is 9.59 Å². The number of carbonyl (C=O) groups is 2. The normalized spacial score (nSPS) is 20.5. The first-order chi connectivity index (χ1) is 9.22. The molecule has 0 bridgehead atoms. The van der Waals surface area contributed by atoms with Crippen LogP contribution in [-0.4, -0.2) is 32.1 Å². The van der Waals surface area contributed by atoms with Gasteiger partial charge >= 0.3 is 5.97 Å². The number of amides is 1. The van der Waals surface area contributed by atoms with Crippen LogP contribution in [0.3, 0.4) is 0 Å². The molecule has 2 N–H and O–H groups in total. The van der Waals surface area contributed by atoms with Crippen LogP contribution in [0.2, 0.25) is 0 Å². The topological polar surface area (TPSA) is 67.4 Å². The summed E-state index contributed by atoms with van der Waals surface area (Å²) in [7, 11) is 1.35. The van der Waals surface area contributed by atoms with Crippen LogP contribution in [-0.2, 0) is 14.3 Å². The van der Waals surface area contributed by atoms with Gasteiger partial charge in [0, 0.05) is 18.8 Å². The molecule has 5 heteroatoms. The van der Waals surface area contributed by atoms with E-state index in [0.29, 0.717) is 19.5 Å². The first-order valence-corrected chi connectivity index (χ1v) is 6.37. The van der Waals surface area contributed by atoms with Gasteiger partial charge in [0.1, 0.15) is 0 Å². The number of methoxy groups -OCH3 is 1. The molecule has 1 fully saturated rings. The third kappa shape index (κ3) is 3.71. The van der Waals surface area contributed by atoms with Crippen molar-refractivity contribution in [2.24, 2.45) is 11.8 Å². The summed E-state index contributed by atoms with van der Waals surface area (Å²) < 4.78 is 4.61. The summed E-state index contributed by atoms with van der Waals surface area (Å²) in [6.07, 6.45) is 0.602. The average Bonchev–Trinajstić information content (AvgIpc) is 3.24. The molecule has 0 radical (unpaired) electrons. The zero-order chi connectivity index (χ0) is 13.7. The van der Waals surface area contributed by atoms with E-state index < -0.39 is 0 Å². The lowest BCUT2D eigenvalue weighted by atomic mass is 10.3. The van der Waals surface area contributed by atoms with Gasteiger partial charge in [-0.2, -0.15) is 0 Å². The minimum atomic E-state index is -0.289. The predicted molar refractivity (Wildman–Crippen MR) is 71.6 cm³/mol. The molecular formula is C14H18N2O3. The highest BCUT2D eigenvalue weighted by molar-refractivity contribution is 5.90. The standard InChI is InChI=1S/C14H18N2O3/c1-19-14(18)12-9-11(12)13(17)16-8-7-15-10-5-3-2-4-6-10/h2-6,11-12,15H,7-9H2,1H3,(H,16,17)/t11-,12-/m1/s1. The first kappa shape index (κ1) is 13.4. The maximum atomic E-state index is 11.7. The fourth-order valence-corrected chi connectivity index (χ4v) is 1.98. The van der Waals surface area contributed by atoms with Crippen LogP contribution in [0.5, 0.6) is 0 Å². The molecule has 102 valence electrons. The fourth-order valence-electron chi connectivity index (χ4n) is 1.98. The van der Waals surface area contributed by atoms with Crippen molar-refractivity contribution in [3.8, 4) is 0 Å².